The summed E-state index contributed by atoms with van der Waals surface area (Å²) >= 11 is 0. The van der Waals surface area contributed by atoms with Crippen molar-refractivity contribution in [3.05, 3.63) is 185 Å². The van der Waals surface area contributed by atoms with Crippen molar-refractivity contribution in [3.8, 4) is 33.4 Å². The summed E-state index contributed by atoms with van der Waals surface area (Å²) in [5.41, 5.74) is 17.1. The standard InChI is InChI=1S/C48H45Si.3ClH.Ti/c1-32-23-42(39-17-11-8-12-18-39)29-45(26-32)49(48-37(6)35(4)36(5)38(48)7,46-27-33(2)24-43(30-46)40-19-13-9-14-20-40)47-28-34(3)25-44(31-47)41-21-15-10-16-22-41;;;;/h8-31H,1-7H3;3*1H;/q-1;;;;+4/p-3. The molecule has 0 radical (unpaired) electrons. The van der Waals surface area contributed by atoms with Crippen LogP contribution in [0.5, 0.6) is 0 Å². The number of hydrogen-bond acceptors (Lipinski definition) is 0. The van der Waals surface area contributed by atoms with Gasteiger partial charge in [0, 0.05) is 0 Å². The molecule has 0 heterocycles. The van der Waals surface area contributed by atoms with Crippen molar-refractivity contribution in [2.75, 3.05) is 0 Å². The molecular formula is C48H45Cl3SiTi. The van der Waals surface area contributed by atoms with Crippen LogP contribution >= 0.6 is 0 Å². The minimum absolute atomic E-state index is 0. The molecule has 0 saturated carbocycles. The summed E-state index contributed by atoms with van der Waals surface area (Å²) in [7, 11) is -2.99. The van der Waals surface area contributed by atoms with E-state index in [1.54, 1.807) is 0 Å². The zero-order valence-corrected chi connectivity index (χ0v) is 36.3. The number of halogens is 3. The first-order valence-electron chi connectivity index (χ1n) is 17.4. The van der Waals surface area contributed by atoms with Crippen LogP contribution in [0.25, 0.3) is 33.4 Å². The molecule has 0 aliphatic heterocycles. The van der Waals surface area contributed by atoms with Gasteiger partial charge in [0.25, 0.3) is 0 Å². The fourth-order valence-corrected chi connectivity index (χ4v) is 13.9. The van der Waals surface area contributed by atoms with Crippen molar-refractivity contribution in [1.82, 2.24) is 0 Å². The van der Waals surface area contributed by atoms with Crippen LogP contribution in [0.1, 0.15) is 38.9 Å². The Bertz CT molecular complexity index is 2050. The summed E-state index contributed by atoms with van der Waals surface area (Å²) in [6.07, 6.45) is 0. The van der Waals surface area contributed by atoms with Crippen molar-refractivity contribution in [3.63, 3.8) is 0 Å². The van der Waals surface area contributed by atoms with Crippen molar-refractivity contribution < 1.29 is 58.9 Å². The molecule has 0 amide bonds. The summed E-state index contributed by atoms with van der Waals surface area (Å²) in [6.45, 7) is 16.2. The van der Waals surface area contributed by atoms with E-state index >= 15 is 0 Å². The molecule has 5 heteroatoms. The van der Waals surface area contributed by atoms with Gasteiger partial charge in [0.2, 0.25) is 0 Å². The molecule has 0 aromatic heterocycles. The van der Waals surface area contributed by atoms with Gasteiger partial charge in [-0.15, -0.1) is 5.19 Å². The Morgan fingerprint density at radius 3 is 0.868 bits per heavy atom. The number of benzene rings is 6. The maximum absolute atomic E-state index is 2.99. The van der Waals surface area contributed by atoms with E-state index in [1.807, 2.05) is 0 Å². The molecule has 0 atom stereocenters. The van der Waals surface area contributed by atoms with Crippen LogP contribution < -0.4 is 58.0 Å². The summed E-state index contributed by atoms with van der Waals surface area (Å²) in [5, 5.41) is 5.81. The maximum atomic E-state index is 2.53. The Balaban J connectivity index is 0.00000189. The van der Waals surface area contributed by atoms with Crippen molar-refractivity contribution >= 4 is 28.8 Å². The molecule has 0 spiro atoms. The minimum Gasteiger partial charge on any atom is -1.00 e. The fraction of sp³-hybridized carbons (Fsp3) is 0.146. The zero-order chi connectivity index (χ0) is 34.3. The third kappa shape index (κ3) is 8.28. The monoisotopic (exact) mass is 802 g/mol. The van der Waals surface area contributed by atoms with Crippen molar-refractivity contribution in [2.45, 2.75) is 48.5 Å². The quantitative estimate of drug-likeness (QED) is 0.128. The second-order valence-electron chi connectivity index (χ2n) is 14.0. The van der Waals surface area contributed by atoms with Crippen LogP contribution in [-0.4, -0.2) is 8.07 Å². The second-order valence-corrected chi connectivity index (χ2v) is 17.7. The molecule has 7 rings (SSSR count). The van der Waals surface area contributed by atoms with Gasteiger partial charge in [0.05, 0.1) is 0 Å². The average Bonchev–Trinajstić information content (AvgIpc) is 3.31. The number of aryl methyl sites for hydroxylation is 3. The second kappa shape index (κ2) is 18.2. The molecular weight excluding hydrogens is 759 g/mol. The Hall–Kier alpha value is -3.53. The zero-order valence-electron chi connectivity index (χ0n) is 31.5. The molecule has 53 heavy (non-hydrogen) atoms. The van der Waals surface area contributed by atoms with Gasteiger partial charge < -0.3 is 37.2 Å². The summed E-state index contributed by atoms with van der Waals surface area (Å²) in [5.74, 6) is 0. The fourth-order valence-electron chi connectivity index (χ4n) is 8.10. The van der Waals surface area contributed by atoms with Crippen molar-refractivity contribution in [2.24, 2.45) is 0 Å². The predicted molar refractivity (Wildman–Crippen MR) is 215 cm³/mol. The predicted octanol–water partition coefficient (Wildman–Crippen LogP) is 0.952. The molecule has 0 bridgehead atoms. The van der Waals surface area contributed by atoms with E-state index in [2.05, 4.69) is 194 Å². The smallest absolute Gasteiger partial charge is 1.00 e. The van der Waals surface area contributed by atoms with E-state index in [0.717, 1.165) is 0 Å². The topological polar surface area (TPSA) is 0 Å². The summed E-state index contributed by atoms with van der Waals surface area (Å²) in [6, 6.07) is 54.9. The van der Waals surface area contributed by atoms with Crippen molar-refractivity contribution in [1.29, 1.82) is 0 Å². The molecule has 0 N–H and O–H groups in total. The van der Waals surface area contributed by atoms with E-state index in [0.29, 0.717) is 0 Å². The molecule has 0 saturated heterocycles. The Kier molecular flexibility index (Phi) is 15.1. The number of hydrogen-bond donors (Lipinski definition) is 0. The van der Waals surface area contributed by atoms with Gasteiger partial charge in [-0.1, -0.05) is 206 Å². The molecule has 266 valence electrons. The first-order chi connectivity index (χ1) is 23.7. The van der Waals surface area contributed by atoms with Crippen LogP contribution in [0.2, 0.25) is 0 Å². The van der Waals surface area contributed by atoms with Crippen LogP contribution in [-0.2, 0) is 21.7 Å². The molecule has 0 aliphatic carbocycles. The first-order valence-corrected chi connectivity index (χ1v) is 19.4. The maximum Gasteiger partial charge on any atom is 4.00 e. The van der Waals surface area contributed by atoms with Gasteiger partial charge in [-0.05, 0) is 54.2 Å². The van der Waals surface area contributed by atoms with Crippen LogP contribution in [0.15, 0.2) is 146 Å². The van der Waals surface area contributed by atoms with Gasteiger partial charge in [-0.25, -0.2) is 0 Å². The van der Waals surface area contributed by atoms with Crippen LogP contribution in [0.4, 0.5) is 0 Å². The molecule has 7 aromatic carbocycles. The van der Waals surface area contributed by atoms with E-state index < -0.39 is 8.07 Å². The minimum atomic E-state index is -2.99. The molecule has 0 nitrogen and oxygen atoms in total. The average molecular weight is 804 g/mol. The molecule has 0 aliphatic rings. The molecule has 0 fully saturated rings. The van der Waals surface area contributed by atoms with Gasteiger partial charge in [0.1, 0.15) is 8.07 Å². The molecule has 0 unspecified atom stereocenters. The van der Waals surface area contributed by atoms with Crippen LogP contribution in [0.3, 0.4) is 0 Å². The van der Waals surface area contributed by atoms with Gasteiger partial charge in [-0.3, -0.25) is 0 Å². The third-order valence-electron chi connectivity index (χ3n) is 10.7. The Morgan fingerprint density at radius 1 is 0.340 bits per heavy atom. The molecule has 7 aromatic rings. The van der Waals surface area contributed by atoms with Crippen LogP contribution in [0, 0.1) is 48.5 Å². The largest absolute Gasteiger partial charge is 4.00 e. The summed E-state index contributed by atoms with van der Waals surface area (Å²) < 4.78 is 0. The summed E-state index contributed by atoms with van der Waals surface area (Å²) in [4.78, 5) is 0. The first kappa shape index (κ1) is 43.9. The number of rotatable bonds is 7. The van der Waals surface area contributed by atoms with E-state index in [1.165, 1.54) is 93.1 Å². The van der Waals surface area contributed by atoms with Gasteiger partial charge in [0.15, 0.2) is 0 Å². The van der Waals surface area contributed by atoms with E-state index in [-0.39, 0.29) is 58.9 Å². The van der Waals surface area contributed by atoms with Gasteiger partial charge in [-0.2, -0.15) is 22.3 Å². The Morgan fingerprint density at radius 2 is 0.604 bits per heavy atom. The Labute approximate surface area is 351 Å². The third-order valence-corrected chi connectivity index (χ3v) is 15.6. The van der Waals surface area contributed by atoms with E-state index in [4.69, 9.17) is 0 Å². The SMILES string of the molecule is Cc1cc(-c2ccccc2)cc([Si](c2cc(C)cc(-c3ccccc3)c2)(c2cc(C)cc(-c3ccccc3)c2)[c-]2c(C)c(C)c(C)c2C)c1.[Cl-].[Cl-].[Cl-].[Ti+4]. The van der Waals surface area contributed by atoms with Gasteiger partial charge >= 0.3 is 21.7 Å². The normalized spacial score (nSPS) is 10.7. The van der Waals surface area contributed by atoms with E-state index in [9.17, 15) is 0 Å².